The number of hydrogen-bond acceptors (Lipinski definition) is 2. The average Bonchev–Trinajstić information content (AvgIpc) is 3.04. The van der Waals surface area contributed by atoms with Crippen molar-refractivity contribution in [2.24, 2.45) is 5.92 Å². The minimum Gasteiger partial charge on any atom is -0.338 e. The predicted molar refractivity (Wildman–Crippen MR) is 67.0 cm³/mol. The van der Waals surface area contributed by atoms with E-state index >= 15 is 0 Å². The maximum absolute atomic E-state index is 12.5. The van der Waals surface area contributed by atoms with E-state index in [1.165, 1.54) is 12.8 Å². The largest absolute Gasteiger partial charge is 0.338 e. The molecule has 1 aliphatic carbocycles. The van der Waals surface area contributed by atoms with Crippen LogP contribution in [0.3, 0.4) is 0 Å². The van der Waals surface area contributed by atoms with Crippen molar-refractivity contribution in [3.05, 3.63) is 17.0 Å². The van der Waals surface area contributed by atoms with Gasteiger partial charge in [0.2, 0.25) is 0 Å². The summed E-state index contributed by atoms with van der Waals surface area (Å²) in [6.07, 6.45) is 3.56. The molecule has 17 heavy (non-hydrogen) atoms. The molecule has 94 valence electrons. The van der Waals surface area contributed by atoms with Gasteiger partial charge in [-0.15, -0.1) is 0 Å². The zero-order valence-electron chi connectivity index (χ0n) is 10.9. The molecule has 0 saturated heterocycles. The highest BCUT2D eigenvalue weighted by molar-refractivity contribution is 5.96. The highest BCUT2D eigenvalue weighted by Crippen LogP contribution is 2.30. The molecule has 0 spiro atoms. The van der Waals surface area contributed by atoms with Crippen molar-refractivity contribution in [3.63, 3.8) is 0 Å². The summed E-state index contributed by atoms with van der Waals surface area (Å²) in [4.78, 5) is 14.5. The molecule has 1 amide bonds. The van der Waals surface area contributed by atoms with Gasteiger partial charge in [-0.3, -0.25) is 9.89 Å². The van der Waals surface area contributed by atoms with Gasteiger partial charge in [0.1, 0.15) is 0 Å². The molecule has 0 radical (unpaired) electrons. The van der Waals surface area contributed by atoms with Crippen LogP contribution in [0.1, 0.15) is 47.9 Å². The van der Waals surface area contributed by atoms with E-state index in [0.29, 0.717) is 0 Å². The lowest BCUT2D eigenvalue weighted by molar-refractivity contribution is 0.0746. The molecule has 0 bridgehead atoms. The maximum Gasteiger partial charge on any atom is 0.257 e. The van der Waals surface area contributed by atoms with Gasteiger partial charge in [-0.25, -0.2) is 0 Å². The summed E-state index contributed by atoms with van der Waals surface area (Å²) in [6.45, 7) is 7.67. The Labute approximate surface area is 102 Å². The van der Waals surface area contributed by atoms with Gasteiger partial charge in [-0.2, -0.15) is 5.10 Å². The molecule has 0 unspecified atom stereocenters. The molecule has 1 heterocycles. The number of aromatic nitrogens is 2. The van der Waals surface area contributed by atoms with E-state index in [4.69, 9.17) is 0 Å². The zero-order chi connectivity index (χ0) is 12.4. The van der Waals surface area contributed by atoms with E-state index < -0.39 is 0 Å². The Morgan fingerprint density at radius 1 is 1.47 bits per heavy atom. The molecule has 0 atom stereocenters. The second-order valence-corrected chi connectivity index (χ2v) is 5.00. The van der Waals surface area contributed by atoms with Crippen molar-refractivity contribution in [3.8, 4) is 0 Å². The Bertz CT molecular complexity index is 387. The summed E-state index contributed by atoms with van der Waals surface area (Å²) in [5.74, 6) is 0.875. The van der Waals surface area contributed by atoms with Crippen LogP contribution in [-0.2, 0) is 0 Å². The van der Waals surface area contributed by atoms with Crippen LogP contribution < -0.4 is 0 Å². The van der Waals surface area contributed by atoms with E-state index in [1.54, 1.807) is 0 Å². The highest BCUT2D eigenvalue weighted by Gasteiger charge is 2.28. The predicted octanol–water partition coefficient (Wildman–Crippen LogP) is 2.29. The minimum absolute atomic E-state index is 0.141. The molecule has 1 aliphatic rings. The first-order chi connectivity index (χ1) is 8.13. The minimum atomic E-state index is 0.141. The Hall–Kier alpha value is -1.32. The van der Waals surface area contributed by atoms with Crippen molar-refractivity contribution < 1.29 is 4.79 Å². The third kappa shape index (κ3) is 2.68. The van der Waals surface area contributed by atoms with Crippen LogP contribution in [0.25, 0.3) is 0 Å². The van der Waals surface area contributed by atoms with Crippen molar-refractivity contribution >= 4 is 5.91 Å². The molecule has 1 aromatic rings. The lowest BCUT2D eigenvalue weighted by Gasteiger charge is -2.22. The van der Waals surface area contributed by atoms with Gasteiger partial charge in [0.05, 0.1) is 11.3 Å². The zero-order valence-corrected chi connectivity index (χ0v) is 10.9. The van der Waals surface area contributed by atoms with Crippen LogP contribution in [0.2, 0.25) is 0 Å². The van der Waals surface area contributed by atoms with Gasteiger partial charge in [0.15, 0.2) is 0 Å². The highest BCUT2D eigenvalue weighted by atomic mass is 16.2. The number of carbonyl (C=O) groups excluding carboxylic acids is 1. The van der Waals surface area contributed by atoms with E-state index in [2.05, 4.69) is 17.1 Å². The summed E-state index contributed by atoms with van der Waals surface area (Å²) in [5.41, 5.74) is 2.45. The van der Waals surface area contributed by atoms with E-state index in [0.717, 1.165) is 42.4 Å². The third-order valence-corrected chi connectivity index (χ3v) is 3.30. The fraction of sp³-hybridized carbons (Fsp3) is 0.692. The van der Waals surface area contributed by atoms with Gasteiger partial charge in [0, 0.05) is 18.8 Å². The standard InChI is InChI=1S/C13H21N3O/c1-4-7-16(8-11-5-6-11)13(17)12-9(2)14-15-10(12)3/h11H,4-8H2,1-3H3,(H,14,15). The van der Waals surface area contributed by atoms with E-state index in [-0.39, 0.29) is 5.91 Å². The summed E-state index contributed by atoms with van der Waals surface area (Å²) in [6, 6.07) is 0. The lowest BCUT2D eigenvalue weighted by Crippen LogP contribution is -2.34. The third-order valence-electron chi connectivity index (χ3n) is 3.30. The normalized spacial score (nSPS) is 15.0. The van der Waals surface area contributed by atoms with Gasteiger partial charge >= 0.3 is 0 Å². The van der Waals surface area contributed by atoms with Gasteiger partial charge in [-0.05, 0) is 39.0 Å². The number of nitrogens with one attached hydrogen (secondary N) is 1. The Balaban J connectivity index is 2.14. The SMILES string of the molecule is CCCN(CC1CC1)C(=O)c1c(C)n[nH]c1C. The second-order valence-electron chi connectivity index (χ2n) is 5.00. The monoisotopic (exact) mass is 235 g/mol. The summed E-state index contributed by atoms with van der Waals surface area (Å²) < 4.78 is 0. The molecule has 0 aliphatic heterocycles. The molecule has 1 saturated carbocycles. The maximum atomic E-state index is 12.5. The van der Waals surface area contributed by atoms with Crippen LogP contribution in [0.15, 0.2) is 0 Å². The Kier molecular flexibility index (Phi) is 3.50. The number of carbonyl (C=O) groups is 1. The van der Waals surface area contributed by atoms with E-state index in [1.807, 2.05) is 18.7 Å². The number of hydrogen-bond donors (Lipinski definition) is 1. The number of amides is 1. The molecular formula is C13H21N3O. The molecule has 1 fully saturated rings. The van der Waals surface area contributed by atoms with Crippen molar-refractivity contribution in [1.29, 1.82) is 0 Å². The van der Waals surface area contributed by atoms with Crippen LogP contribution >= 0.6 is 0 Å². The van der Waals surface area contributed by atoms with Crippen molar-refractivity contribution in [2.75, 3.05) is 13.1 Å². The van der Waals surface area contributed by atoms with Crippen LogP contribution in [0.4, 0.5) is 0 Å². The van der Waals surface area contributed by atoms with E-state index in [9.17, 15) is 4.79 Å². The first-order valence-corrected chi connectivity index (χ1v) is 6.44. The first kappa shape index (κ1) is 12.1. The number of aromatic amines is 1. The molecule has 0 aromatic carbocycles. The number of nitrogens with zero attached hydrogens (tertiary/aromatic N) is 2. The number of H-pyrrole nitrogens is 1. The number of aryl methyl sites for hydroxylation is 2. The first-order valence-electron chi connectivity index (χ1n) is 6.44. The quantitative estimate of drug-likeness (QED) is 0.851. The van der Waals surface area contributed by atoms with Gasteiger partial charge in [0.25, 0.3) is 5.91 Å². The van der Waals surface area contributed by atoms with Gasteiger partial charge in [-0.1, -0.05) is 6.92 Å². The van der Waals surface area contributed by atoms with Gasteiger partial charge < -0.3 is 4.90 Å². The van der Waals surface area contributed by atoms with Crippen LogP contribution in [0, 0.1) is 19.8 Å². The molecule has 1 N–H and O–H groups in total. The Morgan fingerprint density at radius 3 is 2.65 bits per heavy atom. The smallest absolute Gasteiger partial charge is 0.257 e. The molecule has 4 heteroatoms. The fourth-order valence-corrected chi connectivity index (χ4v) is 2.18. The summed E-state index contributed by atoms with van der Waals surface area (Å²) in [7, 11) is 0. The van der Waals surface area contributed by atoms with Crippen LogP contribution in [-0.4, -0.2) is 34.1 Å². The molecule has 2 rings (SSSR count). The second kappa shape index (κ2) is 4.90. The lowest BCUT2D eigenvalue weighted by atomic mass is 10.1. The fourth-order valence-electron chi connectivity index (χ4n) is 2.18. The molecular weight excluding hydrogens is 214 g/mol. The summed E-state index contributed by atoms with van der Waals surface area (Å²) >= 11 is 0. The average molecular weight is 235 g/mol. The topological polar surface area (TPSA) is 49.0 Å². The Morgan fingerprint density at radius 2 is 2.18 bits per heavy atom. The molecule has 4 nitrogen and oxygen atoms in total. The number of rotatable bonds is 5. The van der Waals surface area contributed by atoms with Crippen molar-refractivity contribution in [1.82, 2.24) is 15.1 Å². The van der Waals surface area contributed by atoms with Crippen LogP contribution in [0.5, 0.6) is 0 Å². The summed E-state index contributed by atoms with van der Waals surface area (Å²) in [5, 5.41) is 6.99. The van der Waals surface area contributed by atoms with Crippen molar-refractivity contribution in [2.45, 2.75) is 40.0 Å². The molecule has 1 aromatic heterocycles.